The third-order valence-electron chi connectivity index (χ3n) is 2.55. The second-order valence-electron chi connectivity index (χ2n) is 4.30. The third-order valence-corrected chi connectivity index (χ3v) is 2.55. The number of rotatable bonds is 5. The molecule has 0 aliphatic heterocycles. The summed E-state index contributed by atoms with van der Waals surface area (Å²) in [5, 5.41) is 8.92. The molecule has 0 spiro atoms. The molecule has 1 heterocycles. The molecular weight excluding hydrogens is 234 g/mol. The number of primary amides is 1. The zero-order valence-electron chi connectivity index (χ0n) is 10.7. The van der Waals surface area contributed by atoms with Crippen LogP contribution < -0.4 is 10.6 Å². The average Bonchev–Trinajstić information content (AvgIpc) is 2.24. The van der Waals surface area contributed by atoms with Gasteiger partial charge >= 0.3 is 5.97 Å². The Morgan fingerprint density at radius 3 is 2.44 bits per heavy atom. The second kappa shape index (κ2) is 5.48. The van der Waals surface area contributed by atoms with Crippen LogP contribution in [0.2, 0.25) is 0 Å². The SMILES string of the molecule is Cc1nc(N(CC(N)=O)C(C)C)ccc1C(=O)O. The zero-order chi connectivity index (χ0) is 13.9. The number of anilines is 1. The van der Waals surface area contributed by atoms with Crippen molar-refractivity contribution in [1.82, 2.24) is 4.98 Å². The van der Waals surface area contributed by atoms with Crippen LogP contribution in [0.4, 0.5) is 5.82 Å². The van der Waals surface area contributed by atoms with Crippen molar-refractivity contribution in [3.8, 4) is 0 Å². The molecule has 0 aromatic carbocycles. The molecule has 0 aliphatic rings. The Morgan fingerprint density at radius 2 is 2.06 bits per heavy atom. The lowest BCUT2D eigenvalue weighted by molar-refractivity contribution is -0.116. The number of carboxylic acid groups (broad SMARTS) is 1. The number of hydrogen-bond donors (Lipinski definition) is 2. The van der Waals surface area contributed by atoms with Crippen LogP contribution in [0.3, 0.4) is 0 Å². The number of carboxylic acids is 1. The molecular formula is C12H17N3O3. The number of aromatic carboxylic acids is 1. The van der Waals surface area contributed by atoms with E-state index in [1.165, 1.54) is 6.07 Å². The van der Waals surface area contributed by atoms with Crippen LogP contribution in [0, 0.1) is 6.92 Å². The van der Waals surface area contributed by atoms with Gasteiger partial charge in [0, 0.05) is 6.04 Å². The van der Waals surface area contributed by atoms with Gasteiger partial charge in [-0.1, -0.05) is 0 Å². The molecule has 1 aromatic heterocycles. The third kappa shape index (κ3) is 3.19. The lowest BCUT2D eigenvalue weighted by atomic mass is 10.2. The molecule has 0 atom stereocenters. The molecule has 0 unspecified atom stereocenters. The molecule has 0 saturated heterocycles. The van der Waals surface area contributed by atoms with Gasteiger partial charge in [-0.25, -0.2) is 9.78 Å². The Morgan fingerprint density at radius 1 is 1.44 bits per heavy atom. The number of aryl methyl sites for hydroxylation is 1. The van der Waals surface area contributed by atoms with E-state index in [9.17, 15) is 9.59 Å². The van der Waals surface area contributed by atoms with Gasteiger partial charge in [-0.05, 0) is 32.9 Å². The lowest BCUT2D eigenvalue weighted by Gasteiger charge is -2.26. The second-order valence-corrected chi connectivity index (χ2v) is 4.30. The van der Waals surface area contributed by atoms with E-state index in [1.807, 2.05) is 13.8 Å². The van der Waals surface area contributed by atoms with E-state index >= 15 is 0 Å². The predicted octanol–water partition coefficient (Wildman–Crippen LogP) is 0.788. The summed E-state index contributed by atoms with van der Waals surface area (Å²) in [5.41, 5.74) is 5.75. The molecule has 0 fully saturated rings. The summed E-state index contributed by atoms with van der Waals surface area (Å²) < 4.78 is 0. The normalized spacial score (nSPS) is 10.4. The Kier molecular flexibility index (Phi) is 4.25. The Hall–Kier alpha value is -2.11. The fraction of sp³-hybridized carbons (Fsp3) is 0.417. The van der Waals surface area contributed by atoms with Crippen LogP contribution in [0.15, 0.2) is 12.1 Å². The van der Waals surface area contributed by atoms with E-state index in [0.29, 0.717) is 11.5 Å². The number of amides is 1. The van der Waals surface area contributed by atoms with E-state index in [4.69, 9.17) is 10.8 Å². The maximum atomic E-state index is 11.0. The Balaban J connectivity index is 3.10. The van der Waals surface area contributed by atoms with Gasteiger partial charge in [-0.3, -0.25) is 4.79 Å². The minimum Gasteiger partial charge on any atom is -0.478 e. The standard InChI is InChI=1S/C12H17N3O3/c1-7(2)15(6-10(13)16)11-5-4-9(12(17)18)8(3)14-11/h4-5,7H,6H2,1-3H3,(H2,13,16)(H,17,18). The van der Waals surface area contributed by atoms with Crippen LogP contribution in [-0.2, 0) is 4.79 Å². The summed E-state index contributed by atoms with van der Waals surface area (Å²) in [6.45, 7) is 5.49. The molecule has 6 heteroatoms. The van der Waals surface area contributed by atoms with Gasteiger partial charge in [0.1, 0.15) is 5.82 Å². The van der Waals surface area contributed by atoms with Crippen molar-refractivity contribution in [3.05, 3.63) is 23.4 Å². The smallest absolute Gasteiger partial charge is 0.337 e. The van der Waals surface area contributed by atoms with E-state index in [1.54, 1.807) is 17.9 Å². The van der Waals surface area contributed by atoms with Crippen molar-refractivity contribution >= 4 is 17.7 Å². The van der Waals surface area contributed by atoms with Gasteiger partial charge in [-0.15, -0.1) is 0 Å². The predicted molar refractivity (Wildman–Crippen MR) is 67.6 cm³/mol. The van der Waals surface area contributed by atoms with Crippen LogP contribution >= 0.6 is 0 Å². The number of pyridine rings is 1. The highest BCUT2D eigenvalue weighted by molar-refractivity contribution is 5.89. The van der Waals surface area contributed by atoms with Crippen LogP contribution in [0.25, 0.3) is 0 Å². The molecule has 1 aromatic rings. The largest absolute Gasteiger partial charge is 0.478 e. The Labute approximate surface area is 105 Å². The highest BCUT2D eigenvalue weighted by Crippen LogP contribution is 2.17. The van der Waals surface area contributed by atoms with E-state index in [0.717, 1.165) is 0 Å². The summed E-state index contributed by atoms with van der Waals surface area (Å²) in [4.78, 5) is 27.8. The molecule has 18 heavy (non-hydrogen) atoms. The van der Waals surface area contributed by atoms with Gasteiger partial charge in [0.25, 0.3) is 0 Å². The topological polar surface area (TPSA) is 96.5 Å². The molecule has 0 bridgehead atoms. The first-order valence-electron chi connectivity index (χ1n) is 5.58. The monoisotopic (exact) mass is 251 g/mol. The van der Waals surface area contributed by atoms with Gasteiger partial charge in [0.15, 0.2) is 0 Å². The van der Waals surface area contributed by atoms with E-state index in [-0.39, 0.29) is 18.2 Å². The molecule has 98 valence electrons. The minimum absolute atomic E-state index is 0.0417. The summed E-state index contributed by atoms with van der Waals surface area (Å²) in [6, 6.07) is 3.11. The molecule has 0 saturated carbocycles. The molecule has 0 radical (unpaired) electrons. The Bertz CT molecular complexity index is 472. The van der Waals surface area contributed by atoms with E-state index < -0.39 is 11.9 Å². The minimum atomic E-state index is -1.02. The summed E-state index contributed by atoms with van der Waals surface area (Å²) >= 11 is 0. The number of nitrogens with zero attached hydrogens (tertiary/aromatic N) is 2. The zero-order valence-corrected chi connectivity index (χ0v) is 10.7. The summed E-state index contributed by atoms with van der Waals surface area (Å²) in [6.07, 6.45) is 0. The number of aromatic nitrogens is 1. The fourth-order valence-corrected chi connectivity index (χ4v) is 1.63. The number of carbonyl (C=O) groups is 2. The van der Waals surface area contributed by atoms with E-state index in [2.05, 4.69) is 4.98 Å². The first kappa shape index (κ1) is 14.0. The van der Waals surface area contributed by atoms with Gasteiger partial charge < -0.3 is 15.7 Å². The number of hydrogen-bond acceptors (Lipinski definition) is 4. The average molecular weight is 251 g/mol. The molecule has 1 amide bonds. The van der Waals surface area contributed by atoms with Crippen molar-refractivity contribution in [1.29, 1.82) is 0 Å². The fourth-order valence-electron chi connectivity index (χ4n) is 1.63. The van der Waals surface area contributed by atoms with Crippen molar-refractivity contribution in [2.45, 2.75) is 26.8 Å². The first-order valence-corrected chi connectivity index (χ1v) is 5.58. The molecule has 3 N–H and O–H groups in total. The van der Waals surface area contributed by atoms with Crippen LogP contribution in [0.5, 0.6) is 0 Å². The maximum absolute atomic E-state index is 11.0. The van der Waals surface area contributed by atoms with Crippen molar-refractivity contribution in [2.24, 2.45) is 5.73 Å². The van der Waals surface area contributed by atoms with Crippen LogP contribution in [-0.4, -0.2) is 34.6 Å². The van der Waals surface area contributed by atoms with Gasteiger partial charge in [0.05, 0.1) is 17.8 Å². The van der Waals surface area contributed by atoms with Crippen molar-refractivity contribution in [3.63, 3.8) is 0 Å². The number of nitrogens with two attached hydrogens (primary N) is 1. The lowest BCUT2D eigenvalue weighted by Crippen LogP contribution is -2.39. The maximum Gasteiger partial charge on any atom is 0.337 e. The molecule has 6 nitrogen and oxygen atoms in total. The highest BCUT2D eigenvalue weighted by Gasteiger charge is 2.16. The molecule has 0 aliphatic carbocycles. The highest BCUT2D eigenvalue weighted by atomic mass is 16.4. The summed E-state index contributed by atoms with van der Waals surface area (Å²) in [5.74, 6) is -0.922. The van der Waals surface area contributed by atoms with Gasteiger partial charge in [-0.2, -0.15) is 0 Å². The quantitative estimate of drug-likeness (QED) is 0.806. The first-order chi connectivity index (χ1) is 8.32. The molecule has 1 rings (SSSR count). The van der Waals surface area contributed by atoms with Crippen molar-refractivity contribution in [2.75, 3.05) is 11.4 Å². The van der Waals surface area contributed by atoms with Crippen LogP contribution in [0.1, 0.15) is 29.9 Å². The van der Waals surface area contributed by atoms with Gasteiger partial charge in [0.2, 0.25) is 5.91 Å². The van der Waals surface area contributed by atoms with Crippen molar-refractivity contribution < 1.29 is 14.7 Å². The number of carbonyl (C=O) groups excluding carboxylic acids is 1. The summed E-state index contributed by atoms with van der Waals surface area (Å²) in [7, 11) is 0.